The maximum absolute atomic E-state index is 12.6. The molecule has 0 bridgehead atoms. The van der Waals surface area contributed by atoms with Gasteiger partial charge in [-0.15, -0.1) is 0 Å². The van der Waals surface area contributed by atoms with Gasteiger partial charge in [0, 0.05) is 10.2 Å². The van der Waals surface area contributed by atoms with E-state index in [9.17, 15) is 9.59 Å². The highest BCUT2D eigenvalue weighted by atomic mass is 79.9. The first-order valence-corrected chi connectivity index (χ1v) is 11.3. The lowest BCUT2D eigenvalue weighted by Crippen LogP contribution is -2.29. The molecule has 172 valence electrons. The molecule has 0 radical (unpaired) electrons. The van der Waals surface area contributed by atoms with Gasteiger partial charge < -0.3 is 14.8 Å². The molecule has 1 aliphatic heterocycles. The van der Waals surface area contributed by atoms with Crippen LogP contribution in [0.5, 0.6) is 11.5 Å². The predicted molar refractivity (Wildman–Crippen MR) is 127 cm³/mol. The van der Waals surface area contributed by atoms with E-state index in [0.29, 0.717) is 24.1 Å². The SMILES string of the molecule is CCOc1cc([C@H]2CC(=O)Nc3ncnn32)ccc1OCC(=O)Nc1c(C)cc(Br)cc1C. The Bertz CT molecular complexity index is 1190. The molecule has 2 aromatic carbocycles. The van der Waals surface area contributed by atoms with Crippen molar-refractivity contribution in [2.24, 2.45) is 0 Å². The van der Waals surface area contributed by atoms with Crippen molar-refractivity contribution in [2.45, 2.75) is 33.2 Å². The van der Waals surface area contributed by atoms with Crippen LogP contribution in [-0.4, -0.2) is 39.8 Å². The fourth-order valence-electron chi connectivity index (χ4n) is 3.81. The number of anilines is 2. The zero-order chi connectivity index (χ0) is 23.5. The molecule has 0 saturated heterocycles. The minimum absolute atomic E-state index is 0.131. The van der Waals surface area contributed by atoms with E-state index in [0.717, 1.165) is 26.9 Å². The number of nitrogens with zero attached hydrogens (tertiary/aromatic N) is 3. The summed E-state index contributed by atoms with van der Waals surface area (Å²) in [5.74, 6) is 0.940. The van der Waals surface area contributed by atoms with E-state index in [1.807, 2.05) is 45.0 Å². The van der Waals surface area contributed by atoms with Crippen LogP contribution in [-0.2, 0) is 9.59 Å². The van der Waals surface area contributed by atoms with Gasteiger partial charge in [0.15, 0.2) is 18.1 Å². The number of fused-ring (bicyclic) bond motifs is 1. The number of benzene rings is 2. The number of aromatic nitrogens is 3. The predicted octanol–water partition coefficient (Wildman–Crippen LogP) is 4.01. The number of carbonyl (C=O) groups excluding carboxylic acids is 2. The Hall–Kier alpha value is -3.40. The summed E-state index contributed by atoms with van der Waals surface area (Å²) in [6, 6.07) is 8.98. The largest absolute Gasteiger partial charge is 0.490 e. The van der Waals surface area contributed by atoms with Crippen molar-refractivity contribution in [3.05, 3.63) is 57.8 Å². The van der Waals surface area contributed by atoms with E-state index in [1.165, 1.54) is 6.33 Å². The molecule has 1 aliphatic rings. The second kappa shape index (κ2) is 9.62. The normalized spacial score (nSPS) is 14.9. The van der Waals surface area contributed by atoms with E-state index in [4.69, 9.17) is 9.47 Å². The molecular weight excluding hydrogens is 490 g/mol. The number of rotatable bonds is 7. The second-order valence-corrected chi connectivity index (χ2v) is 8.60. The zero-order valence-corrected chi connectivity index (χ0v) is 20.1. The molecule has 3 aromatic rings. The van der Waals surface area contributed by atoms with Gasteiger partial charge in [-0.05, 0) is 61.7 Å². The number of halogens is 1. The second-order valence-electron chi connectivity index (χ2n) is 7.69. The molecule has 33 heavy (non-hydrogen) atoms. The fraction of sp³-hybridized carbons (Fsp3) is 0.304. The first-order valence-electron chi connectivity index (χ1n) is 10.5. The van der Waals surface area contributed by atoms with E-state index >= 15 is 0 Å². The van der Waals surface area contributed by atoms with Gasteiger partial charge in [0.25, 0.3) is 5.91 Å². The van der Waals surface area contributed by atoms with Gasteiger partial charge in [0.2, 0.25) is 11.9 Å². The molecule has 10 heteroatoms. The molecular formula is C23H24BrN5O4. The van der Waals surface area contributed by atoms with Crippen molar-refractivity contribution in [2.75, 3.05) is 23.8 Å². The van der Waals surface area contributed by atoms with Gasteiger partial charge in [-0.3, -0.25) is 14.9 Å². The summed E-state index contributed by atoms with van der Waals surface area (Å²) < 4.78 is 14.2. The van der Waals surface area contributed by atoms with Gasteiger partial charge >= 0.3 is 0 Å². The summed E-state index contributed by atoms with van der Waals surface area (Å²) in [7, 11) is 0. The van der Waals surface area contributed by atoms with Gasteiger partial charge in [-0.1, -0.05) is 22.0 Å². The lowest BCUT2D eigenvalue weighted by molar-refractivity contribution is -0.118. The van der Waals surface area contributed by atoms with Crippen LogP contribution in [0.1, 0.15) is 36.1 Å². The molecule has 0 unspecified atom stereocenters. The van der Waals surface area contributed by atoms with E-state index in [-0.39, 0.29) is 30.9 Å². The van der Waals surface area contributed by atoms with Crippen LogP contribution in [0.25, 0.3) is 0 Å². The van der Waals surface area contributed by atoms with Gasteiger partial charge in [0.1, 0.15) is 6.33 Å². The maximum atomic E-state index is 12.6. The molecule has 4 rings (SSSR count). The Labute approximate surface area is 199 Å². The van der Waals surface area contributed by atoms with E-state index in [1.54, 1.807) is 10.7 Å². The Balaban J connectivity index is 1.50. The van der Waals surface area contributed by atoms with E-state index in [2.05, 4.69) is 36.6 Å². The van der Waals surface area contributed by atoms with Crippen molar-refractivity contribution >= 4 is 39.4 Å². The lowest BCUT2D eigenvalue weighted by Gasteiger charge is -2.24. The Morgan fingerprint density at radius 2 is 1.97 bits per heavy atom. The topological polar surface area (TPSA) is 107 Å². The van der Waals surface area contributed by atoms with Gasteiger partial charge in [0.05, 0.1) is 19.1 Å². The van der Waals surface area contributed by atoms with Crippen molar-refractivity contribution in [1.29, 1.82) is 0 Å². The monoisotopic (exact) mass is 513 g/mol. The standard InChI is InChI=1S/C23H24BrN5O4/c1-4-32-19-9-15(17-10-20(30)28-23-25-12-26-29(17)23)5-6-18(19)33-11-21(31)27-22-13(2)7-16(24)8-14(22)3/h5-9,12,17H,4,10-11H2,1-3H3,(H,27,31)(H,25,26,28,30)/t17-/m1/s1. The van der Waals surface area contributed by atoms with E-state index < -0.39 is 0 Å². The first-order chi connectivity index (χ1) is 15.9. The quantitative estimate of drug-likeness (QED) is 0.494. The Kier molecular flexibility index (Phi) is 6.64. The average molecular weight is 514 g/mol. The molecule has 0 saturated carbocycles. The summed E-state index contributed by atoms with van der Waals surface area (Å²) in [6.07, 6.45) is 1.64. The Morgan fingerprint density at radius 1 is 1.21 bits per heavy atom. The summed E-state index contributed by atoms with van der Waals surface area (Å²) in [5, 5.41) is 9.85. The first kappa shape index (κ1) is 22.8. The smallest absolute Gasteiger partial charge is 0.262 e. The molecule has 1 aromatic heterocycles. The summed E-state index contributed by atoms with van der Waals surface area (Å²) in [6.45, 7) is 5.99. The molecule has 2 N–H and O–H groups in total. The number of amides is 2. The van der Waals surface area contributed by atoms with Crippen LogP contribution in [0.4, 0.5) is 11.6 Å². The van der Waals surface area contributed by atoms with Crippen molar-refractivity contribution in [3.8, 4) is 11.5 Å². The average Bonchev–Trinajstić information content (AvgIpc) is 3.23. The van der Waals surface area contributed by atoms with Gasteiger partial charge in [-0.25, -0.2) is 4.68 Å². The number of ether oxygens (including phenoxy) is 2. The van der Waals surface area contributed by atoms with Crippen molar-refractivity contribution in [1.82, 2.24) is 14.8 Å². The highest BCUT2D eigenvalue weighted by Crippen LogP contribution is 2.35. The maximum Gasteiger partial charge on any atom is 0.262 e. The number of carbonyl (C=O) groups is 2. The fourth-order valence-corrected chi connectivity index (χ4v) is 4.50. The highest BCUT2D eigenvalue weighted by molar-refractivity contribution is 9.10. The van der Waals surface area contributed by atoms with Crippen LogP contribution in [0.3, 0.4) is 0 Å². The zero-order valence-electron chi connectivity index (χ0n) is 18.5. The highest BCUT2D eigenvalue weighted by Gasteiger charge is 2.28. The number of nitrogens with one attached hydrogen (secondary N) is 2. The summed E-state index contributed by atoms with van der Waals surface area (Å²) >= 11 is 3.46. The van der Waals surface area contributed by atoms with Crippen LogP contribution >= 0.6 is 15.9 Å². The third-order valence-electron chi connectivity index (χ3n) is 5.27. The number of hydrogen-bond acceptors (Lipinski definition) is 6. The third-order valence-corrected chi connectivity index (χ3v) is 5.73. The molecule has 0 fully saturated rings. The Morgan fingerprint density at radius 3 is 2.70 bits per heavy atom. The molecule has 1 atom stereocenters. The van der Waals surface area contributed by atoms with Crippen LogP contribution in [0.15, 0.2) is 41.1 Å². The molecule has 2 heterocycles. The van der Waals surface area contributed by atoms with Crippen molar-refractivity contribution < 1.29 is 19.1 Å². The van der Waals surface area contributed by atoms with Crippen molar-refractivity contribution in [3.63, 3.8) is 0 Å². The summed E-state index contributed by atoms with van der Waals surface area (Å²) in [5.41, 5.74) is 3.52. The van der Waals surface area contributed by atoms with Crippen LogP contribution in [0.2, 0.25) is 0 Å². The molecule has 2 amide bonds. The van der Waals surface area contributed by atoms with Crippen LogP contribution < -0.4 is 20.1 Å². The third kappa shape index (κ3) is 5.00. The number of aryl methyl sites for hydroxylation is 2. The van der Waals surface area contributed by atoms with Crippen LogP contribution in [0, 0.1) is 13.8 Å². The number of hydrogen-bond donors (Lipinski definition) is 2. The molecule has 0 aliphatic carbocycles. The minimum Gasteiger partial charge on any atom is -0.490 e. The molecule has 0 spiro atoms. The summed E-state index contributed by atoms with van der Waals surface area (Å²) in [4.78, 5) is 28.7. The van der Waals surface area contributed by atoms with Gasteiger partial charge in [-0.2, -0.15) is 10.1 Å². The lowest BCUT2D eigenvalue weighted by atomic mass is 10.0. The minimum atomic E-state index is -0.309. The molecule has 9 nitrogen and oxygen atoms in total.